The molecule has 1 unspecified atom stereocenters. The van der Waals surface area contributed by atoms with Gasteiger partial charge in [-0.25, -0.2) is 4.98 Å². The van der Waals surface area contributed by atoms with E-state index in [1.54, 1.807) is 0 Å². The lowest BCUT2D eigenvalue weighted by Gasteiger charge is -2.17. The Morgan fingerprint density at radius 1 is 1.22 bits per heavy atom. The zero-order chi connectivity index (χ0) is 13.1. The van der Waals surface area contributed by atoms with Crippen LogP contribution in [-0.4, -0.2) is 11.1 Å². The van der Waals surface area contributed by atoms with Gasteiger partial charge in [0.15, 0.2) is 0 Å². The topological polar surface area (TPSA) is 22.1 Å². The van der Waals surface area contributed by atoms with E-state index in [1.807, 2.05) is 24.3 Å². The Morgan fingerprint density at radius 2 is 1.94 bits per heavy atom. The van der Waals surface area contributed by atoms with Crippen molar-refractivity contribution in [2.45, 2.75) is 33.5 Å². The number of aromatic nitrogens is 1. The zero-order valence-electron chi connectivity index (χ0n) is 11.0. The van der Waals surface area contributed by atoms with Gasteiger partial charge in [-0.05, 0) is 25.0 Å². The van der Waals surface area contributed by atoms with Gasteiger partial charge in [-0.2, -0.15) is 0 Å². The Hall–Kier alpha value is -1.12. The number of rotatable bonds is 4. The maximum absolute atomic E-state index is 6.18. The van der Waals surface area contributed by atoms with E-state index >= 15 is 0 Å². The lowest BCUT2D eigenvalue weighted by Crippen LogP contribution is -2.15. The Morgan fingerprint density at radius 3 is 2.67 bits per heavy atom. The van der Waals surface area contributed by atoms with Crippen molar-refractivity contribution >= 4 is 22.5 Å². The molecule has 0 saturated carbocycles. The minimum absolute atomic E-state index is 0.215. The monoisotopic (exact) mass is 263 g/mol. The van der Waals surface area contributed by atoms with Crippen LogP contribution in [0.4, 0.5) is 0 Å². The third-order valence-electron chi connectivity index (χ3n) is 3.19. The molecule has 3 heteroatoms. The minimum Gasteiger partial charge on any atom is -0.373 e. The summed E-state index contributed by atoms with van der Waals surface area (Å²) in [5, 5.41) is 1.63. The molecular weight excluding hydrogens is 246 g/mol. The second-order valence-corrected chi connectivity index (χ2v) is 5.25. The zero-order valence-corrected chi connectivity index (χ0v) is 11.7. The highest BCUT2D eigenvalue weighted by Crippen LogP contribution is 2.22. The molecule has 0 bridgehead atoms. The maximum Gasteiger partial charge on any atom is 0.135 e. The van der Waals surface area contributed by atoms with Gasteiger partial charge in [0.2, 0.25) is 0 Å². The molecule has 0 amide bonds. The highest BCUT2D eigenvalue weighted by molar-refractivity contribution is 6.30. The van der Waals surface area contributed by atoms with Crippen LogP contribution in [0.2, 0.25) is 5.15 Å². The van der Waals surface area contributed by atoms with Gasteiger partial charge in [0.1, 0.15) is 5.15 Å². The number of benzene rings is 1. The van der Waals surface area contributed by atoms with E-state index in [2.05, 4.69) is 31.8 Å². The molecular formula is C15H18ClNO. The van der Waals surface area contributed by atoms with Crippen molar-refractivity contribution < 1.29 is 4.74 Å². The first kappa shape index (κ1) is 13.3. The summed E-state index contributed by atoms with van der Waals surface area (Å²) in [6, 6.07) is 10.0. The molecule has 0 radical (unpaired) electrons. The predicted octanol–water partition coefficient (Wildman–Crippen LogP) is 4.45. The maximum atomic E-state index is 6.18. The number of hydrogen-bond donors (Lipinski definition) is 0. The van der Waals surface area contributed by atoms with Crippen molar-refractivity contribution in [1.82, 2.24) is 4.98 Å². The van der Waals surface area contributed by atoms with Crippen LogP contribution in [0.15, 0.2) is 30.3 Å². The van der Waals surface area contributed by atoms with Crippen LogP contribution >= 0.6 is 11.6 Å². The molecule has 18 heavy (non-hydrogen) atoms. The van der Waals surface area contributed by atoms with Crippen LogP contribution in [0, 0.1) is 5.92 Å². The lowest BCUT2D eigenvalue weighted by molar-refractivity contribution is 0.0235. The quantitative estimate of drug-likeness (QED) is 0.761. The summed E-state index contributed by atoms with van der Waals surface area (Å²) in [7, 11) is 0. The average Bonchev–Trinajstić information content (AvgIpc) is 2.35. The third kappa shape index (κ3) is 3.01. The third-order valence-corrected chi connectivity index (χ3v) is 3.52. The predicted molar refractivity (Wildman–Crippen MR) is 75.8 cm³/mol. The number of para-hydroxylation sites is 1. The van der Waals surface area contributed by atoms with Crippen molar-refractivity contribution in [3.05, 3.63) is 41.0 Å². The number of halogens is 1. The Balaban J connectivity index is 2.20. The standard InChI is InChI=1S/C15H18ClNO/c1-10(2)11(3)18-9-13-8-12-6-4-5-7-14(12)17-15(13)16/h4-8,10-11H,9H2,1-3H3. The molecule has 0 aliphatic carbocycles. The first-order valence-electron chi connectivity index (χ1n) is 6.23. The Kier molecular flexibility index (Phi) is 4.20. The first-order chi connectivity index (χ1) is 8.58. The molecule has 2 rings (SSSR count). The van der Waals surface area contributed by atoms with Gasteiger partial charge in [-0.15, -0.1) is 0 Å². The second-order valence-electron chi connectivity index (χ2n) is 4.89. The van der Waals surface area contributed by atoms with E-state index in [0.717, 1.165) is 16.5 Å². The first-order valence-corrected chi connectivity index (χ1v) is 6.61. The summed E-state index contributed by atoms with van der Waals surface area (Å²) in [5.41, 5.74) is 1.87. The van der Waals surface area contributed by atoms with Crippen molar-refractivity contribution in [2.24, 2.45) is 5.92 Å². The number of nitrogens with zero attached hydrogens (tertiary/aromatic N) is 1. The van der Waals surface area contributed by atoms with Crippen molar-refractivity contribution in [1.29, 1.82) is 0 Å². The van der Waals surface area contributed by atoms with E-state index < -0.39 is 0 Å². The Bertz CT molecular complexity index is 539. The number of pyridine rings is 1. The molecule has 96 valence electrons. The van der Waals surface area contributed by atoms with Gasteiger partial charge in [-0.1, -0.05) is 43.6 Å². The fourth-order valence-corrected chi connectivity index (χ4v) is 1.85. The fourth-order valence-electron chi connectivity index (χ4n) is 1.65. The molecule has 0 fully saturated rings. The molecule has 0 spiro atoms. The van der Waals surface area contributed by atoms with Crippen LogP contribution in [0.3, 0.4) is 0 Å². The van der Waals surface area contributed by atoms with E-state index in [1.165, 1.54) is 0 Å². The second kappa shape index (κ2) is 5.68. The minimum atomic E-state index is 0.215. The van der Waals surface area contributed by atoms with Gasteiger partial charge in [0.05, 0.1) is 18.2 Å². The van der Waals surface area contributed by atoms with E-state index in [-0.39, 0.29) is 6.10 Å². The highest BCUT2D eigenvalue weighted by atomic mass is 35.5. The summed E-state index contributed by atoms with van der Waals surface area (Å²) in [6.07, 6.45) is 0.215. The van der Waals surface area contributed by atoms with Crippen LogP contribution in [0.25, 0.3) is 10.9 Å². The molecule has 0 aliphatic rings. The Labute approximate surface area is 113 Å². The van der Waals surface area contributed by atoms with E-state index in [4.69, 9.17) is 16.3 Å². The normalized spacial score (nSPS) is 13.2. The summed E-state index contributed by atoms with van der Waals surface area (Å²) in [5.74, 6) is 0.497. The molecule has 2 nitrogen and oxygen atoms in total. The largest absolute Gasteiger partial charge is 0.373 e. The van der Waals surface area contributed by atoms with Gasteiger partial charge in [-0.3, -0.25) is 0 Å². The molecule has 2 aromatic rings. The molecule has 0 aliphatic heterocycles. The lowest BCUT2D eigenvalue weighted by atomic mass is 10.1. The molecule has 0 N–H and O–H groups in total. The van der Waals surface area contributed by atoms with Crippen LogP contribution in [-0.2, 0) is 11.3 Å². The molecule has 0 saturated heterocycles. The van der Waals surface area contributed by atoms with Crippen LogP contribution in [0.1, 0.15) is 26.3 Å². The summed E-state index contributed by atoms with van der Waals surface area (Å²) >= 11 is 6.18. The summed E-state index contributed by atoms with van der Waals surface area (Å²) in [4.78, 5) is 4.38. The summed E-state index contributed by atoms with van der Waals surface area (Å²) in [6.45, 7) is 6.87. The smallest absolute Gasteiger partial charge is 0.135 e. The van der Waals surface area contributed by atoms with Crippen molar-refractivity contribution in [3.8, 4) is 0 Å². The number of hydrogen-bond acceptors (Lipinski definition) is 2. The average molecular weight is 264 g/mol. The van der Waals surface area contributed by atoms with Gasteiger partial charge >= 0.3 is 0 Å². The van der Waals surface area contributed by atoms with Crippen molar-refractivity contribution in [3.63, 3.8) is 0 Å². The fraction of sp³-hybridized carbons (Fsp3) is 0.400. The van der Waals surface area contributed by atoms with Gasteiger partial charge < -0.3 is 4.74 Å². The van der Waals surface area contributed by atoms with Crippen molar-refractivity contribution in [2.75, 3.05) is 0 Å². The summed E-state index contributed by atoms with van der Waals surface area (Å²) < 4.78 is 5.79. The molecule has 1 aromatic heterocycles. The van der Waals surface area contributed by atoms with Crippen LogP contribution < -0.4 is 0 Å². The van der Waals surface area contributed by atoms with E-state index in [9.17, 15) is 0 Å². The number of ether oxygens (including phenoxy) is 1. The van der Waals surface area contributed by atoms with Gasteiger partial charge in [0, 0.05) is 10.9 Å². The highest BCUT2D eigenvalue weighted by Gasteiger charge is 2.10. The molecule has 1 atom stereocenters. The van der Waals surface area contributed by atoms with Gasteiger partial charge in [0.25, 0.3) is 0 Å². The SMILES string of the molecule is CC(C)C(C)OCc1cc2ccccc2nc1Cl. The van der Waals surface area contributed by atoms with E-state index in [0.29, 0.717) is 17.7 Å². The molecule has 1 heterocycles. The number of fused-ring (bicyclic) bond motifs is 1. The molecule has 1 aromatic carbocycles. The van der Waals surface area contributed by atoms with Crippen LogP contribution in [0.5, 0.6) is 0 Å².